The van der Waals surface area contributed by atoms with Gasteiger partial charge in [0.05, 0.1) is 0 Å². The minimum atomic E-state index is -0.684. The van der Waals surface area contributed by atoms with Crippen molar-refractivity contribution >= 4 is 17.7 Å². The van der Waals surface area contributed by atoms with E-state index in [0.717, 1.165) is 25.7 Å². The van der Waals surface area contributed by atoms with Crippen LogP contribution in [0.4, 0.5) is 0 Å². The molecule has 110 valence electrons. The lowest BCUT2D eigenvalue weighted by molar-refractivity contribution is -0.129. The van der Waals surface area contributed by atoms with Crippen LogP contribution in [0, 0.1) is 0 Å². The summed E-state index contributed by atoms with van der Waals surface area (Å²) in [5.41, 5.74) is 5.04. The van der Waals surface area contributed by atoms with Gasteiger partial charge in [0.2, 0.25) is 17.7 Å². The maximum absolute atomic E-state index is 11.7. The molecule has 0 spiro atoms. The highest BCUT2D eigenvalue weighted by molar-refractivity contribution is 5.88. The summed E-state index contributed by atoms with van der Waals surface area (Å²) in [5.74, 6) is -0.941. The highest BCUT2D eigenvalue weighted by Crippen LogP contribution is 2.04. The summed E-state index contributed by atoms with van der Waals surface area (Å²) in [7, 11) is 1.49. The summed E-state index contributed by atoms with van der Waals surface area (Å²) in [5, 5.41) is 5.11. The molecular formula is C13H25N3O3. The molecule has 0 radical (unpaired) electrons. The zero-order valence-corrected chi connectivity index (χ0v) is 11.8. The average molecular weight is 271 g/mol. The van der Waals surface area contributed by atoms with Gasteiger partial charge in [0.1, 0.15) is 6.04 Å². The summed E-state index contributed by atoms with van der Waals surface area (Å²) in [6.45, 7) is 2.10. The largest absolute Gasteiger partial charge is 0.370 e. The first-order chi connectivity index (χ1) is 9.01. The van der Waals surface area contributed by atoms with Crippen LogP contribution >= 0.6 is 0 Å². The number of carbonyl (C=O) groups is 3. The highest BCUT2D eigenvalue weighted by Gasteiger charge is 2.19. The van der Waals surface area contributed by atoms with Crippen molar-refractivity contribution in [2.75, 3.05) is 7.05 Å². The number of carbonyl (C=O) groups excluding carboxylic acids is 3. The first kappa shape index (κ1) is 17.4. The number of rotatable bonds is 10. The number of hydrogen-bond acceptors (Lipinski definition) is 3. The fourth-order valence-corrected chi connectivity index (χ4v) is 1.71. The third-order valence-corrected chi connectivity index (χ3v) is 2.83. The Bertz CT molecular complexity index is 306. The Morgan fingerprint density at radius 3 is 2.32 bits per heavy atom. The van der Waals surface area contributed by atoms with E-state index in [9.17, 15) is 14.4 Å². The molecule has 0 fully saturated rings. The Labute approximate surface area is 114 Å². The van der Waals surface area contributed by atoms with E-state index >= 15 is 0 Å². The third kappa shape index (κ3) is 9.04. The van der Waals surface area contributed by atoms with Crippen LogP contribution in [0.2, 0.25) is 0 Å². The molecule has 6 nitrogen and oxygen atoms in total. The monoisotopic (exact) mass is 271 g/mol. The number of nitrogens with two attached hydrogens (primary N) is 1. The van der Waals surface area contributed by atoms with Crippen LogP contribution in [0.25, 0.3) is 0 Å². The molecule has 3 amide bonds. The normalized spacial score (nSPS) is 11.7. The predicted molar refractivity (Wildman–Crippen MR) is 73.2 cm³/mol. The number of likely N-dealkylation sites (N-methyl/N-ethyl adjacent to an activating group) is 1. The number of hydrogen-bond donors (Lipinski definition) is 3. The van der Waals surface area contributed by atoms with Crippen LogP contribution in [0.15, 0.2) is 0 Å². The van der Waals surface area contributed by atoms with Crippen LogP contribution in [0.5, 0.6) is 0 Å². The van der Waals surface area contributed by atoms with E-state index in [2.05, 4.69) is 17.6 Å². The summed E-state index contributed by atoms with van der Waals surface area (Å²) >= 11 is 0. The Hall–Kier alpha value is -1.59. The van der Waals surface area contributed by atoms with Gasteiger partial charge in [0.15, 0.2) is 0 Å². The van der Waals surface area contributed by atoms with E-state index in [1.165, 1.54) is 7.05 Å². The summed E-state index contributed by atoms with van der Waals surface area (Å²) < 4.78 is 0. The zero-order chi connectivity index (χ0) is 14.7. The molecule has 0 saturated carbocycles. The molecule has 0 aliphatic heterocycles. The van der Waals surface area contributed by atoms with Gasteiger partial charge in [-0.3, -0.25) is 14.4 Å². The number of amides is 3. The van der Waals surface area contributed by atoms with Crippen molar-refractivity contribution in [1.82, 2.24) is 10.6 Å². The Morgan fingerprint density at radius 2 is 1.79 bits per heavy atom. The van der Waals surface area contributed by atoms with E-state index < -0.39 is 11.9 Å². The second-order valence-corrected chi connectivity index (χ2v) is 4.55. The van der Waals surface area contributed by atoms with Crippen LogP contribution in [-0.4, -0.2) is 30.8 Å². The predicted octanol–water partition coefficient (Wildman–Crippen LogP) is 0.453. The van der Waals surface area contributed by atoms with E-state index in [-0.39, 0.29) is 24.7 Å². The maximum atomic E-state index is 11.7. The van der Waals surface area contributed by atoms with Crippen molar-refractivity contribution in [2.24, 2.45) is 5.73 Å². The fraction of sp³-hybridized carbons (Fsp3) is 0.769. The van der Waals surface area contributed by atoms with Gasteiger partial charge in [-0.05, 0) is 12.8 Å². The van der Waals surface area contributed by atoms with E-state index in [4.69, 9.17) is 5.73 Å². The molecule has 0 saturated heterocycles. The molecule has 0 unspecified atom stereocenters. The maximum Gasteiger partial charge on any atom is 0.242 e. The molecule has 0 rings (SSSR count). The smallest absolute Gasteiger partial charge is 0.242 e. The van der Waals surface area contributed by atoms with Crippen molar-refractivity contribution in [3.05, 3.63) is 0 Å². The third-order valence-electron chi connectivity index (χ3n) is 2.83. The average Bonchev–Trinajstić information content (AvgIpc) is 2.38. The van der Waals surface area contributed by atoms with Gasteiger partial charge in [0, 0.05) is 19.9 Å². The molecule has 0 aromatic carbocycles. The van der Waals surface area contributed by atoms with Crippen LogP contribution in [0.1, 0.15) is 51.9 Å². The topological polar surface area (TPSA) is 101 Å². The zero-order valence-electron chi connectivity index (χ0n) is 11.8. The minimum Gasteiger partial charge on any atom is -0.370 e. The second kappa shape index (κ2) is 10.3. The molecule has 0 heterocycles. The van der Waals surface area contributed by atoms with Gasteiger partial charge in [0.25, 0.3) is 0 Å². The minimum absolute atomic E-state index is 0.0776. The summed E-state index contributed by atoms with van der Waals surface area (Å²) in [6, 6.07) is -0.684. The van der Waals surface area contributed by atoms with Crippen LogP contribution in [0.3, 0.4) is 0 Å². The molecule has 4 N–H and O–H groups in total. The molecule has 0 aliphatic rings. The van der Waals surface area contributed by atoms with Crippen molar-refractivity contribution in [3.63, 3.8) is 0 Å². The summed E-state index contributed by atoms with van der Waals surface area (Å²) in [6.07, 6.45) is 4.76. The number of nitrogens with one attached hydrogen (secondary N) is 2. The lowest BCUT2D eigenvalue weighted by atomic mass is 10.1. The molecule has 0 aromatic heterocycles. The van der Waals surface area contributed by atoms with Crippen LogP contribution in [-0.2, 0) is 14.4 Å². The molecule has 0 bridgehead atoms. The first-order valence-electron chi connectivity index (χ1n) is 6.80. The first-order valence-corrected chi connectivity index (χ1v) is 6.80. The number of unbranched alkanes of at least 4 members (excludes halogenated alkanes) is 3. The lowest BCUT2D eigenvalue weighted by Crippen LogP contribution is -2.46. The van der Waals surface area contributed by atoms with Crippen molar-refractivity contribution in [1.29, 1.82) is 0 Å². The molecule has 6 heteroatoms. The molecular weight excluding hydrogens is 246 g/mol. The Kier molecular flexibility index (Phi) is 9.48. The standard InChI is InChI=1S/C13H25N3O3/c1-3-4-5-6-7-12(18)16-10(13(19)15-2)8-9-11(14)17/h10H,3-9H2,1-2H3,(H2,14,17)(H,15,19)(H,16,18)/t10-/m0/s1. The van der Waals surface area contributed by atoms with Crippen molar-refractivity contribution in [3.8, 4) is 0 Å². The Balaban J connectivity index is 4.11. The van der Waals surface area contributed by atoms with E-state index in [1.807, 2.05) is 0 Å². The SMILES string of the molecule is CCCCCCC(=O)N[C@@H](CCC(N)=O)C(=O)NC. The second-order valence-electron chi connectivity index (χ2n) is 4.55. The highest BCUT2D eigenvalue weighted by atomic mass is 16.2. The number of primary amides is 1. The van der Waals surface area contributed by atoms with Crippen LogP contribution < -0.4 is 16.4 Å². The van der Waals surface area contributed by atoms with Gasteiger partial charge < -0.3 is 16.4 Å². The van der Waals surface area contributed by atoms with E-state index in [1.54, 1.807) is 0 Å². The Morgan fingerprint density at radius 1 is 1.11 bits per heavy atom. The summed E-state index contributed by atoms with van der Waals surface area (Å²) in [4.78, 5) is 34.0. The van der Waals surface area contributed by atoms with Gasteiger partial charge >= 0.3 is 0 Å². The molecule has 19 heavy (non-hydrogen) atoms. The van der Waals surface area contributed by atoms with Crippen molar-refractivity contribution < 1.29 is 14.4 Å². The molecule has 1 atom stereocenters. The van der Waals surface area contributed by atoms with E-state index in [0.29, 0.717) is 6.42 Å². The quantitative estimate of drug-likeness (QED) is 0.503. The van der Waals surface area contributed by atoms with Gasteiger partial charge in [-0.25, -0.2) is 0 Å². The fourth-order valence-electron chi connectivity index (χ4n) is 1.71. The van der Waals surface area contributed by atoms with Gasteiger partial charge in [-0.15, -0.1) is 0 Å². The molecule has 0 aliphatic carbocycles. The molecule has 0 aromatic rings. The van der Waals surface area contributed by atoms with Gasteiger partial charge in [-0.1, -0.05) is 26.2 Å². The lowest BCUT2D eigenvalue weighted by Gasteiger charge is -2.16. The van der Waals surface area contributed by atoms with Crippen molar-refractivity contribution in [2.45, 2.75) is 57.9 Å². The van der Waals surface area contributed by atoms with Gasteiger partial charge in [-0.2, -0.15) is 0 Å².